The molecule has 98 valence electrons. The molecule has 1 heterocycles. The van der Waals surface area contributed by atoms with Crippen LogP contribution in [0.5, 0.6) is 0 Å². The first-order chi connectivity index (χ1) is 9.28. The summed E-state index contributed by atoms with van der Waals surface area (Å²) in [6.07, 6.45) is 1.52. The second-order valence-electron chi connectivity index (χ2n) is 4.45. The van der Waals surface area contributed by atoms with Gasteiger partial charge in [-0.15, -0.1) is 0 Å². The van der Waals surface area contributed by atoms with Gasteiger partial charge < -0.3 is 10.4 Å². The van der Waals surface area contributed by atoms with Gasteiger partial charge in [0, 0.05) is 18.0 Å². The predicted octanol–water partition coefficient (Wildman–Crippen LogP) is 2.68. The molecular weight excluding hydrogens is 238 g/mol. The van der Waals surface area contributed by atoms with Crippen molar-refractivity contribution in [2.75, 3.05) is 11.9 Å². The molecule has 0 spiro atoms. The molecule has 0 fully saturated rings. The van der Waals surface area contributed by atoms with Crippen LogP contribution in [0.15, 0.2) is 30.3 Å². The van der Waals surface area contributed by atoms with Gasteiger partial charge in [0.05, 0.1) is 11.1 Å². The highest BCUT2D eigenvalue weighted by atomic mass is 16.3. The summed E-state index contributed by atoms with van der Waals surface area (Å²) < 4.78 is 0. The van der Waals surface area contributed by atoms with Gasteiger partial charge in [-0.3, -0.25) is 0 Å². The zero-order chi connectivity index (χ0) is 13.7. The number of aliphatic hydroxyl groups is 1. The van der Waals surface area contributed by atoms with Gasteiger partial charge in [-0.1, -0.05) is 25.1 Å². The maximum atomic E-state index is 9.21. The molecule has 0 aliphatic rings. The van der Waals surface area contributed by atoms with E-state index in [2.05, 4.69) is 16.4 Å². The van der Waals surface area contributed by atoms with Crippen molar-refractivity contribution in [1.29, 1.82) is 5.26 Å². The van der Waals surface area contributed by atoms with E-state index in [1.165, 1.54) is 0 Å². The molecule has 0 bridgehead atoms. The topological polar surface area (TPSA) is 68.9 Å². The van der Waals surface area contributed by atoms with Crippen molar-refractivity contribution in [2.24, 2.45) is 0 Å². The summed E-state index contributed by atoms with van der Waals surface area (Å²) in [5.74, 6) is 0.599. The number of nitrogens with zero attached hydrogens (tertiary/aromatic N) is 2. The maximum Gasteiger partial charge on any atom is 0.144 e. The zero-order valence-electron chi connectivity index (χ0n) is 10.9. The van der Waals surface area contributed by atoms with Crippen LogP contribution in [0.1, 0.15) is 25.3 Å². The fraction of sp³-hybridized carbons (Fsp3) is 0.333. The Labute approximate surface area is 112 Å². The van der Waals surface area contributed by atoms with Gasteiger partial charge >= 0.3 is 0 Å². The summed E-state index contributed by atoms with van der Waals surface area (Å²) in [6, 6.07) is 11.9. The van der Waals surface area contributed by atoms with Crippen LogP contribution in [-0.2, 0) is 0 Å². The van der Waals surface area contributed by atoms with Crippen LogP contribution in [0.3, 0.4) is 0 Å². The number of fused-ring (bicyclic) bond motifs is 1. The standard InChI is InChI=1S/C15H17N3O/c1-2-13(7-8-19)17-15-12(10-16)9-11-5-3-4-6-14(11)18-15/h3-6,9,13,19H,2,7-8H2,1H3,(H,17,18). The first-order valence-corrected chi connectivity index (χ1v) is 6.45. The number of anilines is 1. The third kappa shape index (κ3) is 3.01. The fourth-order valence-corrected chi connectivity index (χ4v) is 2.04. The molecule has 2 N–H and O–H groups in total. The van der Waals surface area contributed by atoms with Gasteiger partial charge in [-0.25, -0.2) is 4.98 Å². The first kappa shape index (κ1) is 13.3. The molecule has 1 aromatic carbocycles. The van der Waals surface area contributed by atoms with Crippen LogP contribution >= 0.6 is 0 Å². The van der Waals surface area contributed by atoms with Crippen LogP contribution in [0.25, 0.3) is 10.9 Å². The van der Waals surface area contributed by atoms with Gasteiger partial charge in [0.1, 0.15) is 11.9 Å². The molecular formula is C15H17N3O. The Balaban J connectivity index is 2.38. The van der Waals surface area contributed by atoms with Crippen LogP contribution < -0.4 is 5.32 Å². The Hall–Kier alpha value is -2.12. The number of hydrogen-bond acceptors (Lipinski definition) is 4. The van der Waals surface area contributed by atoms with Gasteiger partial charge in [0.2, 0.25) is 0 Å². The molecule has 0 aliphatic carbocycles. The maximum absolute atomic E-state index is 9.21. The van der Waals surface area contributed by atoms with E-state index in [1.54, 1.807) is 0 Å². The number of nitrogens with one attached hydrogen (secondary N) is 1. The lowest BCUT2D eigenvalue weighted by molar-refractivity contribution is 0.278. The minimum absolute atomic E-state index is 0.126. The largest absolute Gasteiger partial charge is 0.396 e. The van der Waals surface area contributed by atoms with Crippen molar-refractivity contribution in [3.63, 3.8) is 0 Å². The number of aliphatic hydroxyl groups excluding tert-OH is 1. The van der Waals surface area contributed by atoms with Gasteiger partial charge in [-0.2, -0.15) is 5.26 Å². The van der Waals surface area contributed by atoms with Crippen LogP contribution in [0.2, 0.25) is 0 Å². The second-order valence-corrected chi connectivity index (χ2v) is 4.45. The van der Waals surface area contributed by atoms with Crippen LogP contribution in [-0.4, -0.2) is 22.7 Å². The third-order valence-electron chi connectivity index (χ3n) is 3.16. The summed E-state index contributed by atoms with van der Waals surface area (Å²) in [4.78, 5) is 4.50. The molecule has 0 amide bonds. The second kappa shape index (κ2) is 6.17. The molecule has 4 nitrogen and oxygen atoms in total. The lowest BCUT2D eigenvalue weighted by Gasteiger charge is -2.17. The molecule has 19 heavy (non-hydrogen) atoms. The Bertz CT molecular complexity index is 604. The van der Waals surface area contributed by atoms with Gasteiger partial charge in [-0.05, 0) is 25.0 Å². The van der Waals surface area contributed by atoms with E-state index >= 15 is 0 Å². The molecule has 2 aromatic rings. The number of nitriles is 1. The van der Waals surface area contributed by atoms with E-state index in [0.29, 0.717) is 17.8 Å². The average Bonchev–Trinajstić information content (AvgIpc) is 2.46. The summed E-state index contributed by atoms with van der Waals surface area (Å²) in [6.45, 7) is 2.17. The van der Waals surface area contributed by atoms with Gasteiger partial charge in [0.25, 0.3) is 0 Å². The third-order valence-corrected chi connectivity index (χ3v) is 3.16. The Morgan fingerprint density at radius 2 is 2.21 bits per heavy atom. The van der Waals surface area contributed by atoms with E-state index in [-0.39, 0.29) is 12.6 Å². The van der Waals surface area contributed by atoms with E-state index < -0.39 is 0 Å². The van der Waals surface area contributed by atoms with E-state index in [9.17, 15) is 5.26 Å². The quantitative estimate of drug-likeness (QED) is 0.861. The monoisotopic (exact) mass is 255 g/mol. The summed E-state index contributed by atoms with van der Waals surface area (Å²) >= 11 is 0. The number of rotatable bonds is 5. The highest BCUT2D eigenvalue weighted by Gasteiger charge is 2.11. The molecule has 0 saturated carbocycles. The van der Waals surface area contributed by atoms with E-state index in [0.717, 1.165) is 17.3 Å². The minimum Gasteiger partial charge on any atom is -0.396 e. The number of aromatic nitrogens is 1. The number of pyridine rings is 1. The van der Waals surface area contributed by atoms with Crippen molar-refractivity contribution in [1.82, 2.24) is 4.98 Å². The highest BCUT2D eigenvalue weighted by Crippen LogP contribution is 2.21. The lowest BCUT2D eigenvalue weighted by Crippen LogP contribution is -2.21. The molecule has 2 rings (SSSR count). The lowest BCUT2D eigenvalue weighted by atomic mass is 10.1. The molecule has 1 aromatic heterocycles. The van der Waals surface area contributed by atoms with Crippen molar-refractivity contribution in [2.45, 2.75) is 25.8 Å². The highest BCUT2D eigenvalue weighted by molar-refractivity contribution is 5.82. The summed E-state index contributed by atoms with van der Waals surface area (Å²) in [7, 11) is 0. The first-order valence-electron chi connectivity index (χ1n) is 6.45. The normalized spacial score (nSPS) is 12.1. The fourth-order valence-electron chi connectivity index (χ4n) is 2.04. The summed E-state index contributed by atoms with van der Waals surface area (Å²) in [5.41, 5.74) is 1.40. The SMILES string of the molecule is CCC(CCO)Nc1nc2ccccc2cc1C#N. The number of para-hydroxylation sites is 1. The Kier molecular flexibility index (Phi) is 4.32. The molecule has 1 atom stereocenters. The van der Waals surface area contributed by atoms with E-state index in [4.69, 9.17) is 5.11 Å². The molecule has 0 radical (unpaired) electrons. The zero-order valence-corrected chi connectivity index (χ0v) is 10.9. The number of benzene rings is 1. The van der Waals surface area contributed by atoms with Crippen molar-refractivity contribution in [3.05, 3.63) is 35.9 Å². The minimum atomic E-state index is 0.126. The van der Waals surface area contributed by atoms with Crippen molar-refractivity contribution in [3.8, 4) is 6.07 Å². The molecule has 0 aliphatic heterocycles. The Morgan fingerprint density at radius 3 is 2.89 bits per heavy atom. The average molecular weight is 255 g/mol. The molecule has 4 heteroatoms. The van der Waals surface area contributed by atoms with Crippen molar-refractivity contribution >= 4 is 16.7 Å². The van der Waals surface area contributed by atoms with E-state index in [1.807, 2.05) is 37.3 Å². The van der Waals surface area contributed by atoms with Gasteiger partial charge in [0.15, 0.2) is 0 Å². The van der Waals surface area contributed by atoms with Crippen molar-refractivity contribution < 1.29 is 5.11 Å². The summed E-state index contributed by atoms with van der Waals surface area (Å²) in [5, 5.41) is 22.4. The van der Waals surface area contributed by atoms with Crippen LogP contribution in [0.4, 0.5) is 5.82 Å². The molecule has 1 unspecified atom stereocenters. The predicted molar refractivity (Wildman–Crippen MR) is 75.9 cm³/mol. The molecule has 0 saturated heterocycles. The van der Waals surface area contributed by atoms with Crippen LogP contribution in [0, 0.1) is 11.3 Å². The smallest absolute Gasteiger partial charge is 0.144 e. The number of hydrogen-bond donors (Lipinski definition) is 2. The Morgan fingerprint density at radius 1 is 1.42 bits per heavy atom.